The molecule has 2 fully saturated rings. The van der Waals surface area contributed by atoms with E-state index in [1.165, 1.54) is 71.1 Å². The highest BCUT2D eigenvalue weighted by Crippen LogP contribution is 2.04. The van der Waals surface area contributed by atoms with Gasteiger partial charge in [-0.25, -0.2) is 0 Å². The Bertz CT molecular complexity index is 189. The number of nitrogens with one attached hydrogen (secondary N) is 2. The van der Waals surface area contributed by atoms with Gasteiger partial charge in [0.25, 0.3) is 0 Å². The van der Waals surface area contributed by atoms with Crippen LogP contribution >= 0.6 is 0 Å². The van der Waals surface area contributed by atoms with E-state index < -0.39 is 0 Å². The van der Waals surface area contributed by atoms with Crippen molar-refractivity contribution in [3.05, 3.63) is 0 Å². The van der Waals surface area contributed by atoms with Crippen molar-refractivity contribution in [3.8, 4) is 0 Å². The van der Waals surface area contributed by atoms with Crippen molar-refractivity contribution in [2.24, 2.45) is 11.8 Å². The smallest absolute Gasteiger partial charge is 0.0794 e. The van der Waals surface area contributed by atoms with E-state index in [-0.39, 0.29) is 11.0 Å². The lowest BCUT2D eigenvalue weighted by Crippen LogP contribution is -3.10. The van der Waals surface area contributed by atoms with E-state index in [2.05, 4.69) is 41.8 Å². The molecule has 0 aromatic carbocycles. The number of rotatable bonds is 2. The van der Waals surface area contributed by atoms with E-state index in [1.807, 2.05) is 0 Å². The third kappa shape index (κ3) is 18.0. The highest BCUT2D eigenvalue weighted by Gasteiger charge is 2.15. The topological polar surface area (TPSA) is 68.9 Å². The summed E-state index contributed by atoms with van der Waals surface area (Å²) in [5.41, 5.74) is 0. The fourth-order valence-corrected chi connectivity index (χ4v) is 3.46. The number of hydrogen-bond donors (Lipinski definition) is 2. The van der Waals surface area contributed by atoms with E-state index in [4.69, 9.17) is 0 Å². The molecular formula is C19H46N2O2. The van der Waals surface area contributed by atoms with E-state index >= 15 is 0 Å². The Morgan fingerprint density at radius 1 is 0.739 bits per heavy atom. The predicted octanol–water partition coefficient (Wildman–Crippen LogP) is 1.70. The van der Waals surface area contributed by atoms with Gasteiger partial charge < -0.3 is 20.8 Å². The van der Waals surface area contributed by atoms with Crippen LogP contribution in [0.4, 0.5) is 0 Å². The summed E-state index contributed by atoms with van der Waals surface area (Å²) in [6, 6.07) is 0. The molecule has 0 spiro atoms. The van der Waals surface area contributed by atoms with Crippen LogP contribution in [0.15, 0.2) is 0 Å². The Balaban J connectivity index is -0.000000258. The predicted molar refractivity (Wildman–Crippen MR) is 99.1 cm³/mol. The minimum atomic E-state index is 0. The first-order valence-electron chi connectivity index (χ1n) is 9.62. The van der Waals surface area contributed by atoms with E-state index in [0.717, 1.165) is 11.8 Å². The van der Waals surface area contributed by atoms with Crippen LogP contribution in [0.25, 0.3) is 0 Å². The minimum Gasteiger partial charge on any atom is -0.870 e. The number of likely N-dealkylation sites (tertiary alicyclic amines) is 2. The Morgan fingerprint density at radius 2 is 1.09 bits per heavy atom. The summed E-state index contributed by atoms with van der Waals surface area (Å²) in [5, 5.41) is 0. The summed E-state index contributed by atoms with van der Waals surface area (Å²) in [6.07, 6.45) is 9.86. The summed E-state index contributed by atoms with van der Waals surface area (Å²) in [6.45, 7) is 14.7. The second-order valence-corrected chi connectivity index (χ2v) is 7.67. The molecule has 2 heterocycles. The van der Waals surface area contributed by atoms with Gasteiger partial charge in [-0.05, 0) is 25.7 Å². The molecular weight excluding hydrogens is 288 g/mol. The van der Waals surface area contributed by atoms with Crippen LogP contribution in [-0.2, 0) is 0 Å². The molecule has 0 saturated carbocycles. The van der Waals surface area contributed by atoms with Crippen LogP contribution in [0, 0.1) is 11.8 Å². The molecule has 0 aliphatic carbocycles. The largest absolute Gasteiger partial charge is 0.870 e. The molecule has 2 saturated heterocycles. The molecule has 4 heteroatoms. The molecule has 0 radical (unpaired) electrons. The summed E-state index contributed by atoms with van der Waals surface area (Å²) < 4.78 is 0. The first-order valence-corrected chi connectivity index (χ1v) is 9.62. The number of hydrogen-bond acceptors (Lipinski definition) is 2. The van der Waals surface area contributed by atoms with E-state index in [0.29, 0.717) is 0 Å². The Hall–Kier alpha value is -0.160. The molecule has 4 N–H and O–H groups in total. The average Bonchev–Trinajstić information content (AvgIpc) is 2.40. The van der Waals surface area contributed by atoms with Gasteiger partial charge >= 0.3 is 0 Å². The summed E-state index contributed by atoms with van der Waals surface area (Å²) in [4.78, 5) is 3.42. The third-order valence-corrected chi connectivity index (χ3v) is 4.70. The average molecular weight is 335 g/mol. The second-order valence-electron chi connectivity index (χ2n) is 7.67. The van der Waals surface area contributed by atoms with E-state index in [1.54, 1.807) is 9.80 Å². The fourth-order valence-electron chi connectivity index (χ4n) is 3.46. The van der Waals surface area contributed by atoms with Gasteiger partial charge in [-0.1, -0.05) is 47.0 Å². The Labute approximate surface area is 146 Å². The van der Waals surface area contributed by atoms with Crippen molar-refractivity contribution in [3.63, 3.8) is 0 Å². The maximum atomic E-state index is 2.35. The first kappa shape index (κ1) is 27.7. The van der Waals surface area contributed by atoms with Gasteiger partial charge in [0.2, 0.25) is 0 Å². The summed E-state index contributed by atoms with van der Waals surface area (Å²) in [7, 11) is 4.57. The number of quaternary nitrogens is 2. The van der Waals surface area contributed by atoms with Crippen LogP contribution in [0.5, 0.6) is 0 Å². The molecule has 2 aliphatic heterocycles. The fraction of sp³-hybridized carbons (Fsp3) is 1.00. The molecule has 0 amide bonds. The zero-order valence-corrected chi connectivity index (χ0v) is 16.8. The summed E-state index contributed by atoms with van der Waals surface area (Å²) >= 11 is 0. The molecule has 144 valence electrons. The van der Waals surface area contributed by atoms with Crippen LogP contribution in [0.1, 0.15) is 72.6 Å². The van der Waals surface area contributed by atoms with Gasteiger partial charge in [-0.3, -0.25) is 0 Å². The van der Waals surface area contributed by atoms with Gasteiger partial charge in [-0.2, -0.15) is 0 Å². The van der Waals surface area contributed by atoms with Crippen molar-refractivity contribution in [1.82, 2.24) is 0 Å². The molecule has 2 rings (SSSR count). The standard InChI is InChI=1S/2C7H15N.C5H12.2H2O/c2*1-7-4-3-5-8(2)6-7;1-3-5-4-2;;/h2*7H,3-6H2,1-2H3;3-5H2,1-2H3;2*1H2. The van der Waals surface area contributed by atoms with Crippen molar-refractivity contribution in [1.29, 1.82) is 0 Å². The highest BCUT2D eigenvalue weighted by atomic mass is 16.0. The number of piperidine rings is 2. The quantitative estimate of drug-likeness (QED) is 0.807. The van der Waals surface area contributed by atoms with E-state index in [9.17, 15) is 0 Å². The second kappa shape index (κ2) is 18.2. The zero-order chi connectivity index (χ0) is 16.1. The van der Waals surface area contributed by atoms with Crippen LogP contribution in [0.3, 0.4) is 0 Å². The van der Waals surface area contributed by atoms with Gasteiger partial charge in [0.1, 0.15) is 0 Å². The zero-order valence-electron chi connectivity index (χ0n) is 16.8. The van der Waals surface area contributed by atoms with Crippen molar-refractivity contribution >= 4 is 0 Å². The normalized spacial score (nSPS) is 29.5. The Morgan fingerprint density at radius 3 is 1.22 bits per heavy atom. The lowest BCUT2D eigenvalue weighted by atomic mass is 10.0. The van der Waals surface area contributed by atoms with Crippen molar-refractivity contribution in [2.75, 3.05) is 40.3 Å². The van der Waals surface area contributed by atoms with Crippen molar-refractivity contribution in [2.45, 2.75) is 72.6 Å². The molecule has 4 unspecified atom stereocenters. The molecule has 0 bridgehead atoms. The molecule has 23 heavy (non-hydrogen) atoms. The van der Waals surface area contributed by atoms with Gasteiger partial charge in [0.05, 0.1) is 40.3 Å². The van der Waals surface area contributed by atoms with Crippen LogP contribution in [0.2, 0.25) is 0 Å². The molecule has 2 aliphatic rings. The Kier molecular flexibility index (Phi) is 21.9. The first-order chi connectivity index (χ1) is 9.99. The van der Waals surface area contributed by atoms with Gasteiger partial charge in [-0.15, -0.1) is 0 Å². The molecule has 0 aromatic rings. The SMILES string of the molecule is CC1CCC[NH+](C)C1.CC1CCC[NH+](C)C1.CCCCC.[OH-].[OH-]. The van der Waals surface area contributed by atoms with Gasteiger partial charge in [0.15, 0.2) is 0 Å². The lowest BCUT2D eigenvalue weighted by Gasteiger charge is -2.23. The molecule has 0 aromatic heterocycles. The minimum absolute atomic E-state index is 0. The third-order valence-electron chi connectivity index (χ3n) is 4.70. The van der Waals surface area contributed by atoms with Crippen LogP contribution < -0.4 is 9.80 Å². The van der Waals surface area contributed by atoms with Crippen molar-refractivity contribution < 1.29 is 20.8 Å². The van der Waals surface area contributed by atoms with Crippen LogP contribution in [-0.4, -0.2) is 51.2 Å². The van der Waals surface area contributed by atoms with Gasteiger partial charge in [0, 0.05) is 11.8 Å². The lowest BCUT2D eigenvalue weighted by molar-refractivity contribution is -0.888. The molecule has 4 atom stereocenters. The maximum absolute atomic E-state index is 2.35. The monoisotopic (exact) mass is 334 g/mol. The maximum Gasteiger partial charge on any atom is 0.0794 e. The summed E-state index contributed by atoms with van der Waals surface area (Å²) in [5.74, 6) is 1.95. The number of unbranched alkanes of at least 4 members (excludes halogenated alkanes) is 2. The molecule has 4 nitrogen and oxygen atoms in total. The highest BCUT2D eigenvalue weighted by molar-refractivity contribution is 4.54.